The Morgan fingerprint density at radius 3 is 2.14 bits per heavy atom. The Balaban J connectivity index is 1.52. The minimum absolute atomic E-state index is 0.168. The molecule has 0 unspecified atom stereocenters. The summed E-state index contributed by atoms with van der Waals surface area (Å²) in [6.45, 7) is 3.41. The maximum absolute atomic E-state index is 12.7. The predicted octanol–water partition coefficient (Wildman–Crippen LogP) is 2.31. The van der Waals surface area contributed by atoms with E-state index in [1.54, 1.807) is 29.2 Å². The fraction of sp³-hybridized carbons (Fsp3) is 0.318. The summed E-state index contributed by atoms with van der Waals surface area (Å²) >= 11 is 0. The van der Waals surface area contributed by atoms with Crippen molar-refractivity contribution in [1.82, 2.24) is 9.80 Å². The number of nitrogens with zero attached hydrogens (tertiary/aromatic N) is 3. The molecule has 1 fully saturated rings. The van der Waals surface area contributed by atoms with Crippen molar-refractivity contribution in [3.8, 4) is 0 Å². The Labute approximate surface area is 173 Å². The van der Waals surface area contributed by atoms with Crippen LogP contribution in [0, 0.1) is 0 Å². The molecule has 154 valence electrons. The molecule has 0 radical (unpaired) electrons. The van der Waals surface area contributed by atoms with Gasteiger partial charge in [0, 0.05) is 32.7 Å². The van der Waals surface area contributed by atoms with Crippen molar-refractivity contribution in [2.45, 2.75) is 0 Å². The average Bonchev–Trinajstić information content (AvgIpc) is 2.73. The zero-order chi connectivity index (χ0) is 20.7. The maximum Gasteiger partial charge on any atom is 0.243 e. The van der Waals surface area contributed by atoms with Crippen molar-refractivity contribution < 1.29 is 13.2 Å². The van der Waals surface area contributed by atoms with E-state index in [2.05, 4.69) is 29.2 Å². The summed E-state index contributed by atoms with van der Waals surface area (Å²) in [6, 6.07) is 18.9. The first-order chi connectivity index (χ1) is 13.9. The lowest BCUT2D eigenvalue weighted by molar-refractivity contribution is -0.131. The Morgan fingerprint density at radius 1 is 0.966 bits per heavy atom. The lowest BCUT2D eigenvalue weighted by Crippen LogP contribution is -2.51. The molecular formula is C22H27N3O3S. The number of para-hydroxylation sites is 1. The normalized spacial score (nSPS) is 15.6. The molecule has 1 amide bonds. The molecule has 0 N–H and O–H groups in total. The largest absolute Gasteiger partial charge is 0.339 e. The van der Waals surface area contributed by atoms with Gasteiger partial charge in [0.1, 0.15) is 6.54 Å². The fourth-order valence-electron chi connectivity index (χ4n) is 3.30. The van der Waals surface area contributed by atoms with Crippen LogP contribution in [0.2, 0.25) is 0 Å². The van der Waals surface area contributed by atoms with Crippen molar-refractivity contribution in [1.29, 1.82) is 0 Å². The molecule has 0 aliphatic carbocycles. The standard InChI is InChI=1S/C22H27N3O3S/c1-29(27,28)25(21-12-6-3-7-13-21)19-22(26)24-17-15-23(16-18-24)14-8-11-20-9-4-2-5-10-20/h2-13H,14-19H2,1H3/b11-8+. The minimum atomic E-state index is -3.53. The van der Waals surface area contributed by atoms with Crippen LogP contribution in [0.25, 0.3) is 6.08 Å². The number of sulfonamides is 1. The monoisotopic (exact) mass is 413 g/mol. The van der Waals surface area contributed by atoms with Crippen LogP contribution < -0.4 is 4.31 Å². The number of carbonyl (C=O) groups is 1. The zero-order valence-corrected chi connectivity index (χ0v) is 17.5. The second-order valence-corrected chi connectivity index (χ2v) is 9.01. The molecule has 1 aliphatic heterocycles. The van der Waals surface area contributed by atoms with Gasteiger partial charge in [0.2, 0.25) is 15.9 Å². The molecule has 7 heteroatoms. The molecule has 0 spiro atoms. The van der Waals surface area contributed by atoms with Gasteiger partial charge in [0.25, 0.3) is 0 Å². The van der Waals surface area contributed by atoms with Crippen LogP contribution in [0.5, 0.6) is 0 Å². The van der Waals surface area contributed by atoms with Gasteiger partial charge in [-0.25, -0.2) is 8.42 Å². The molecule has 0 aromatic heterocycles. The summed E-state index contributed by atoms with van der Waals surface area (Å²) in [4.78, 5) is 16.8. The van der Waals surface area contributed by atoms with Crippen molar-refractivity contribution in [3.63, 3.8) is 0 Å². The van der Waals surface area contributed by atoms with Crippen LogP contribution in [-0.2, 0) is 14.8 Å². The Morgan fingerprint density at radius 2 is 1.55 bits per heavy atom. The van der Waals surface area contributed by atoms with E-state index in [0.717, 1.165) is 25.9 Å². The van der Waals surface area contributed by atoms with E-state index in [9.17, 15) is 13.2 Å². The van der Waals surface area contributed by atoms with Crippen LogP contribution in [0.15, 0.2) is 66.7 Å². The van der Waals surface area contributed by atoms with Gasteiger partial charge < -0.3 is 4.90 Å². The number of amides is 1. The second kappa shape index (κ2) is 9.71. The van der Waals surface area contributed by atoms with Crippen LogP contribution in [0.4, 0.5) is 5.69 Å². The van der Waals surface area contributed by atoms with Crippen molar-refractivity contribution in [2.75, 3.05) is 49.8 Å². The van der Waals surface area contributed by atoms with Crippen molar-refractivity contribution in [3.05, 3.63) is 72.3 Å². The second-order valence-electron chi connectivity index (χ2n) is 7.10. The third kappa shape index (κ3) is 6.17. The highest BCUT2D eigenvalue weighted by Gasteiger charge is 2.26. The van der Waals surface area contributed by atoms with E-state index in [1.165, 1.54) is 9.87 Å². The number of carbonyl (C=O) groups excluding carboxylic acids is 1. The molecule has 0 bridgehead atoms. The predicted molar refractivity (Wildman–Crippen MR) is 117 cm³/mol. The smallest absolute Gasteiger partial charge is 0.243 e. The van der Waals surface area contributed by atoms with Gasteiger partial charge in [-0.1, -0.05) is 60.7 Å². The van der Waals surface area contributed by atoms with Crippen LogP contribution in [0.1, 0.15) is 5.56 Å². The van der Waals surface area contributed by atoms with Gasteiger partial charge in [-0.3, -0.25) is 14.0 Å². The molecule has 3 rings (SSSR count). The minimum Gasteiger partial charge on any atom is -0.339 e. The number of piperazine rings is 1. The lowest BCUT2D eigenvalue weighted by Gasteiger charge is -2.35. The van der Waals surface area contributed by atoms with Crippen molar-refractivity contribution in [2.24, 2.45) is 0 Å². The molecule has 2 aromatic rings. The van der Waals surface area contributed by atoms with E-state index >= 15 is 0 Å². The molecular weight excluding hydrogens is 386 g/mol. The third-order valence-electron chi connectivity index (χ3n) is 4.92. The molecule has 2 aromatic carbocycles. The Bertz CT molecular complexity index is 922. The SMILES string of the molecule is CS(=O)(=O)N(CC(=O)N1CCN(C/C=C/c2ccccc2)CC1)c1ccccc1. The molecule has 6 nitrogen and oxygen atoms in total. The zero-order valence-electron chi connectivity index (χ0n) is 16.6. The quantitative estimate of drug-likeness (QED) is 0.699. The Kier molecular flexibility index (Phi) is 7.06. The average molecular weight is 414 g/mol. The summed E-state index contributed by atoms with van der Waals surface area (Å²) < 4.78 is 25.5. The fourth-order valence-corrected chi connectivity index (χ4v) is 4.15. The number of anilines is 1. The molecule has 0 atom stereocenters. The molecule has 1 saturated heterocycles. The molecule has 0 saturated carbocycles. The summed E-state index contributed by atoms with van der Waals surface area (Å²) in [5.41, 5.74) is 1.68. The lowest BCUT2D eigenvalue weighted by atomic mass is 10.2. The Hall–Kier alpha value is -2.64. The maximum atomic E-state index is 12.7. The van der Waals surface area contributed by atoms with E-state index < -0.39 is 10.0 Å². The van der Waals surface area contributed by atoms with E-state index in [4.69, 9.17) is 0 Å². The van der Waals surface area contributed by atoms with Gasteiger partial charge in [-0.2, -0.15) is 0 Å². The molecule has 1 heterocycles. The van der Waals surface area contributed by atoms with Crippen LogP contribution in [0.3, 0.4) is 0 Å². The topological polar surface area (TPSA) is 60.9 Å². The van der Waals surface area contributed by atoms with Gasteiger partial charge in [0.05, 0.1) is 11.9 Å². The summed E-state index contributed by atoms with van der Waals surface area (Å²) in [7, 11) is -3.53. The molecule has 29 heavy (non-hydrogen) atoms. The highest BCUT2D eigenvalue weighted by atomic mass is 32.2. The number of hydrogen-bond acceptors (Lipinski definition) is 4. The highest BCUT2D eigenvalue weighted by Crippen LogP contribution is 2.17. The van der Waals surface area contributed by atoms with E-state index in [0.29, 0.717) is 18.8 Å². The number of rotatable bonds is 7. The third-order valence-corrected chi connectivity index (χ3v) is 6.06. The molecule has 1 aliphatic rings. The highest BCUT2D eigenvalue weighted by molar-refractivity contribution is 7.92. The summed E-state index contributed by atoms with van der Waals surface area (Å²) in [5.74, 6) is -0.168. The van der Waals surface area contributed by atoms with Gasteiger partial charge in [0.15, 0.2) is 0 Å². The van der Waals surface area contributed by atoms with Crippen molar-refractivity contribution >= 4 is 27.7 Å². The van der Waals surface area contributed by atoms with Gasteiger partial charge in [-0.15, -0.1) is 0 Å². The van der Waals surface area contributed by atoms with Crippen LogP contribution >= 0.6 is 0 Å². The number of benzene rings is 2. The van der Waals surface area contributed by atoms with E-state index in [1.807, 2.05) is 24.3 Å². The van der Waals surface area contributed by atoms with E-state index in [-0.39, 0.29) is 12.5 Å². The first kappa shape index (κ1) is 21.1. The van der Waals surface area contributed by atoms with Gasteiger partial charge >= 0.3 is 0 Å². The number of hydrogen-bond donors (Lipinski definition) is 0. The first-order valence-corrected chi connectivity index (χ1v) is 11.5. The first-order valence-electron chi connectivity index (χ1n) is 9.68. The van der Waals surface area contributed by atoms with Gasteiger partial charge in [-0.05, 0) is 17.7 Å². The summed E-state index contributed by atoms with van der Waals surface area (Å²) in [5, 5.41) is 0. The van der Waals surface area contributed by atoms with Crippen LogP contribution in [-0.4, -0.2) is 69.6 Å². The summed E-state index contributed by atoms with van der Waals surface area (Å²) in [6.07, 6.45) is 5.36.